The van der Waals surface area contributed by atoms with E-state index in [0.29, 0.717) is 16.9 Å². The summed E-state index contributed by atoms with van der Waals surface area (Å²) in [7, 11) is -4.20. The van der Waals surface area contributed by atoms with Gasteiger partial charge in [-0.15, -0.1) is 0 Å². The van der Waals surface area contributed by atoms with Gasteiger partial charge in [0.1, 0.15) is 5.82 Å². The van der Waals surface area contributed by atoms with Crippen molar-refractivity contribution in [1.82, 2.24) is 9.97 Å². The summed E-state index contributed by atoms with van der Waals surface area (Å²) in [5, 5.41) is 0. The largest absolute Gasteiger partial charge is 0.366 e. The molecule has 1 amide bonds. The Morgan fingerprint density at radius 3 is 2.38 bits per heavy atom. The number of amides is 1. The molecular weight excluding hydrogens is 330 g/mol. The third-order valence-corrected chi connectivity index (χ3v) is 3.85. The number of nitrogens with two attached hydrogens (primary N) is 1. The molecule has 0 atom stereocenters. The highest BCUT2D eigenvalue weighted by molar-refractivity contribution is 7.85. The van der Waals surface area contributed by atoms with Crippen molar-refractivity contribution >= 4 is 27.1 Å². The van der Waals surface area contributed by atoms with Crippen molar-refractivity contribution in [2.45, 2.75) is 4.90 Å². The summed E-state index contributed by atoms with van der Waals surface area (Å²) in [5.74, 6) is 0.174. The first-order valence-electron chi connectivity index (χ1n) is 6.76. The van der Waals surface area contributed by atoms with Gasteiger partial charge in [-0.3, -0.25) is 9.35 Å². The first-order chi connectivity index (χ1) is 11.3. The Kier molecular flexibility index (Phi) is 5.12. The van der Waals surface area contributed by atoms with E-state index in [0.717, 1.165) is 11.6 Å². The van der Waals surface area contributed by atoms with Crippen molar-refractivity contribution in [3.63, 3.8) is 0 Å². The number of nitrogens with one attached hydrogen (secondary N) is 1. The smallest absolute Gasteiger partial charge is 0.294 e. The maximum absolute atomic E-state index is 11.1. The Bertz CT molecular complexity index is 979. The highest BCUT2D eigenvalue weighted by Gasteiger charge is 2.12. The van der Waals surface area contributed by atoms with E-state index >= 15 is 0 Å². The highest BCUT2D eigenvalue weighted by Crippen LogP contribution is 2.22. The number of carbonyl (C=O) groups excluding carboxylic acids is 1. The van der Waals surface area contributed by atoms with Crippen LogP contribution in [0, 0.1) is 0 Å². The predicted molar refractivity (Wildman–Crippen MR) is 90.7 cm³/mol. The molecule has 0 aliphatic carbocycles. The summed E-state index contributed by atoms with van der Waals surface area (Å²) in [6.45, 7) is 3.09. The van der Waals surface area contributed by atoms with Crippen molar-refractivity contribution in [2.75, 3.05) is 0 Å². The third kappa shape index (κ3) is 4.28. The van der Waals surface area contributed by atoms with Crippen LogP contribution in [0.5, 0.6) is 0 Å². The van der Waals surface area contributed by atoms with Crippen LogP contribution in [0.4, 0.5) is 0 Å². The SMILES string of the molecule is C=CC(N)=O.O=S(=O)(O)c1ccc2[nH]c(-c3ccccc3)nc2c1. The van der Waals surface area contributed by atoms with E-state index in [1.54, 1.807) is 6.07 Å². The lowest BCUT2D eigenvalue weighted by Gasteiger charge is -1.94. The van der Waals surface area contributed by atoms with Gasteiger partial charge in [-0.1, -0.05) is 36.9 Å². The Morgan fingerprint density at radius 1 is 1.21 bits per heavy atom. The second-order valence-corrected chi connectivity index (χ2v) is 6.13. The minimum absolute atomic E-state index is 0.161. The molecule has 0 unspecified atom stereocenters. The van der Waals surface area contributed by atoms with E-state index in [1.165, 1.54) is 12.1 Å². The van der Waals surface area contributed by atoms with Gasteiger partial charge in [-0.05, 0) is 24.3 Å². The number of aromatic nitrogens is 2. The van der Waals surface area contributed by atoms with Gasteiger partial charge in [0.25, 0.3) is 10.1 Å². The lowest BCUT2D eigenvalue weighted by Crippen LogP contribution is -2.04. The molecule has 4 N–H and O–H groups in total. The van der Waals surface area contributed by atoms with E-state index < -0.39 is 16.0 Å². The number of nitrogens with zero attached hydrogens (tertiary/aromatic N) is 1. The Balaban J connectivity index is 0.000000368. The molecule has 7 nitrogen and oxygen atoms in total. The predicted octanol–water partition coefficient (Wildman–Crippen LogP) is 2.13. The maximum atomic E-state index is 11.1. The zero-order valence-corrected chi connectivity index (χ0v) is 13.3. The van der Waals surface area contributed by atoms with E-state index in [-0.39, 0.29) is 4.90 Å². The van der Waals surface area contributed by atoms with Crippen molar-refractivity contribution in [1.29, 1.82) is 0 Å². The van der Waals surface area contributed by atoms with Crippen molar-refractivity contribution in [3.8, 4) is 11.4 Å². The van der Waals surface area contributed by atoms with Gasteiger partial charge in [0, 0.05) is 5.56 Å². The monoisotopic (exact) mass is 345 g/mol. The summed E-state index contributed by atoms with van der Waals surface area (Å²) in [5.41, 5.74) is 6.65. The fourth-order valence-corrected chi connectivity index (χ4v) is 2.38. The maximum Gasteiger partial charge on any atom is 0.294 e. The molecule has 8 heteroatoms. The molecule has 0 radical (unpaired) electrons. The van der Waals surface area contributed by atoms with Crippen LogP contribution in [0.3, 0.4) is 0 Å². The summed E-state index contributed by atoms with van der Waals surface area (Å²) >= 11 is 0. The standard InChI is InChI=1S/C13H10N2O3S.C3H5NO/c16-19(17,18)10-6-7-11-12(8-10)15-13(14-11)9-4-2-1-3-5-9;1-2-3(4)5/h1-8H,(H,14,15)(H,16,17,18);2H,1H2,(H2,4,5). The first kappa shape index (κ1) is 17.4. The van der Waals surface area contributed by atoms with E-state index in [2.05, 4.69) is 22.3 Å². The average Bonchev–Trinajstić information content (AvgIpc) is 2.98. The number of fused-ring (bicyclic) bond motifs is 1. The van der Waals surface area contributed by atoms with Crippen molar-refractivity contribution in [3.05, 3.63) is 61.2 Å². The molecule has 2 aromatic carbocycles. The molecule has 3 rings (SSSR count). The average molecular weight is 345 g/mol. The van der Waals surface area contributed by atoms with Crippen LogP contribution in [0.2, 0.25) is 0 Å². The van der Waals surface area contributed by atoms with Gasteiger partial charge >= 0.3 is 0 Å². The molecule has 0 fully saturated rings. The van der Waals surface area contributed by atoms with Crippen LogP contribution in [0.25, 0.3) is 22.4 Å². The number of primary amides is 1. The van der Waals surface area contributed by atoms with Crippen LogP contribution in [-0.2, 0) is 14.9 Å². The van der Waals surface area contributed by atoms with E-state index in [1.807, 2.05) is 30.3 Å². The number of H-pyrrole nitrogens is 1. The van der Waals surface area contributed by atoms with Gasteiger partial charge < -0.3 is 10.7 Å². The first-order valence-corrected chi connectivity index (χ1v) is 8.20. The zero-order valence-electron chi connectivity index (χ0n) is 12.5. The molecule has 1 aromatic heterocycles. The lowest BCUT2D eigenvalue weighted by molar-refractivity contribution is -0.113. The summed E-state index contributed by atoms with van der Waals surface area (Å²) in [6.07, 6.45) is 1.06. The fourth-order valence-electron chi connectivity index (χ4n) is 1.88. The van der Waals surface area contributed by atoms with Crippen molar-refractivity contribution < 1.29 is 17.8 Å². The molecule has 24 heavy (non-hydrogen) atoms. The molecule has 124 valence electrons. The number of carbonyl (C=O) groups is 1. The summed E-state index contributed by atoms with van der Waals surface area (Å²) in [6, 6.07) is 13.8. The normalized spacial score (nSPS) is 10.7. The van der Waals surface area contributed by atoms with Gasteiger partial charge in [-0.2, -0.15) is 8.42 Å². The topological polar surface area (TPSA) is 126 Å². The molecule has 3 aromatic rings. The van der Waals surface area contributed by atoms with Crippen LogP contribution in [-0.4, -0.2) is 28.8 Å². The van der Waals surface area contributed by atoms with Gasteiger partial charge in [0.2, 0.25) is 5.91 Å². The molecule has 0 saturated heterocycles. The summed E-state index contributed by atoms with van der Waals surface area (Å²) < 4.78 is 31.1. The molecule has 1 heterocycles. The van der Waals surface area contributed by atoms with Crippen LogP contribution in [0.15, 0.2) is 66.1 Å². The second kappa shape index (κ2) is 7.07. The number of aromatic amines is 1. The third-order valence-electron chi connectivity index (χ3n) is 3.00. The molecule has 0 spiro atoms. The quantitative estimate of drug-likeness (QED) is 0.495. The van der Waals surface area contributed by atoms with Gasteiger partial charge in [-0.25, -0.2) is 4.98 Å². The number of hydrogen-bond acceptors (Lipinski definition) is 4. The number of hydrogen-bond donors (Lipinski definition) is 3. The molecule has 0 saturated carbocycles. The van der Waals surface area contributed by atoms with E-state index in [9.17, 15) is 13.2 Å². The number of rotatable bonds is 3. The van der Waals surface area contributed by atoms with Crippen LogP contribution >= 0.6 is 0 Å². The Labute approximate surface area is 138 Å². The van der Waals surface area contributed by atoms with E-state index in [4.69, 9.17) is 4.55 Å². The van der Waals surface area contributed by atoms with Gasteiger partial charge in [0.15, 0.2) is 0 Å². The van der Waals surface area contributed by atoms with Crippen LogP contribution < -0.4 is 5.73 Å². The molecule has 0 aliphatic heterocycles. The summed E-state index contributed by atoms with van der Waals surface area (Å²) in [4.78, 5) is 16.7. The van der Waals surface area contributed by atoms with Crippen LogP contribution in [0.1, 0.15) is 0 Å². The lowest BCUT2D eigenvalue weighted by atomic mass is 10.2. The van der Waals surface area contributed by atoms with Gasteiger partial charge in [0.05, 0.1) is 15.9 Å². The number of imidazole rings is 1. The Morgan fingerprint density at radius 2 is 1.83 bits per heavy atom. The molecule has 0 aliphatic rings. The minimum Gasteiger partial charge on any atom is -0.366 e. The van der Waals surface area contributed by atoms with Crippen molar-refractivity contribution in [2.24, 2.45) is 5.73 Å². The zero-order chi connectivity index (χ0) is 17.7. The second-order valence-electron chi connectivity index (χ2n) is 4.71. The number of benzene rings is 2. The minimum atomic E-state index is -4.20. The highest BCUT2D eigenvalue weighted by atomic mass is 32.2. The molecule has 0 bridgehead atoms. The Hall–Kier alpha value is -2.97. The fraction of sp³-hybridized carbons (Fsp3) is 0. The molecular formula is C16H15N3O4S.